The highest BCUT2D eigenvalue weighted by Gasteiger charge is 2.00. The van der Waals surface area contributed by atoms with Crippen LogP contribution in [0.1, 0.15) is 10.6 Å². The zero-order valence-corrected chi connectivity index (χ0v) is 9.96. The van der Waals surface area contributed by atoms with Gasteiger partial charge < -0.3 is 0 Å². The summed E-state index contributed by atoms with van der Waals surface area (Å²) in [5.74, 6) is 0. The van der Waals surface area contributed by atoms with Crippen molar-refractivity contribution >= 4 is 27.3 Å². The first-order chi connectivity index (χ1) is 6.88. The molecule has 0 atom stereocenters. The highest BCUT2D eigenvalue weighted by Crippen LogP contribution is 2.10. The standard InChI is InChI=1S/C9H10BrN3S/c10-4-3-8-6-13(12-11-8)7-9-2-1-5-14-9/h1-2,5-6H,3-4,7H2. The van der Waals surface area contributed by atoms with E-state index in [1.165, 1.54) is 4.88 Å². The number of nitrogens with zero attached hydrogens (tertiary/aromatic N) is 3. The zero-order chi connectivity index (χ0) is 9.80. The molecule has 0 saturated heterocycles. The van der Waals surface area contributed by atoms with Gasteiger partial charge >= 0.3 is 0 Å². The van der Waals surface area contributed by atoms with Gasteiger partial charge in [0, 0.05) is 22.8 Å². The summed E-state index contributed by atoms with van der Waals surface area (Å²) in [7, 11) is 0. The molecular formula is C9H10BrN3S. The Labute approximate surface area is 94.9 Å². The van der Waals surface area contributed by atoms with E-state index >= 15 is 0 Å². The van der Waals surface area contributed by atoms with Crippen LogP contribution in [0.4, 0.5) is 0 Å². The quantitative estimate of drug-likeness (QED) is 0.800. The van der Waals surface area contributed by atoms with Crippen molar-refractivity contribution in [2.45, 2.75) is 13.0 Å². The summed E-state index contributed by atoms with van der Waals surface area (Å²) in [5, 5.41) is 11.1. The van der Waals surface area contributed by atoms with Crippen LogP contribution >= 0.6 is 27.3 Å². The van der Waals surface area contributed by atoms with E-state index in [0.29, 0.717) is 0 Å². The van der Waals surface area contributed by atoms with E-state index in [-0.39, 0.29) is 0 Å². The van der Waals surface area contributed by atoms with Gasteiger partial charge in [-0.1, -0.05) is 27.2 Å². The van der Waals surface area contributed by atoms with E-state index in [1.54, 1.807) is 11.3 Å². The molecule has 2 aromatic heterocycles. The first kappa shape index (κ1) is 9.86. The van der Waals surface area contributed by atoms with Crippen LogP contribution in [0.25, 0.3) is 0 Å². The Morgan fingerprint density at radius 2 is 2.43 bits per heavy atom. The number of hydrogen-bond donors (Lipinski definition) is 0. The van der Waals surface area contributed by atoms with Crippen molar-refractivity contribution in [3.8, 4) is 0 Å². The van der Waals surface area contributed by atoms with E-state index in [1.807, 2.05) is 10.9 Å². The minimum Gasteiger partial charge on any atom is -0.247 e. The molecule has 3 nitrogen and oxygen atoms in total. The van der Waals surface area contributed by atoms with Gasteiger partial charge in [-0.15, -0.1) is 16.4 Å². The van der Waals surface area contributed by atoms with Gasteiger partial charge in [-0.3, -0.25) is 0 Å². The lowest BCUT2D eigenvalue weighted by atomic mass is 10.4. The van der Waals surface area contributed by atoms with Crippen LogP contribution in [0.2, 0.25) is 0 Å². The van der Waals surface area contributed by atoms with Crippen LogP contribution in [-0.4, -0.2) is 20.3 Å². The van der Waals surface area contributed by atoms with Crippen LogP contribution < -0.4 is 0 Å². The molecule has 0 amide bonds. The average molecular weight is 272 g/mol. The molecule has 0 aliphatic carbocycles. The Bertz CT molecular complexity index is 382. The summed E-state index contributed by atoms with van der Waals surface area (Å²) in [6, 6.07) is 4.16. The first-order valence-electron chi connectivity index (χ1n) is 4.36. The smallest absolute Gasteiger partial charge is 0.0835 e. The maximum absolute atomic E-state index is 4.07. The van der Waals surface area contributed by atoms with Gasteiger partial charge in [0.15, 0.2) is 0 Å². The summed E-state index contributed by atoms with van der Waals surface area (Å²) in [4.78, 5) is 1.31. The largest absolute Gasteiger partial charge is 0.247 e. The SMILES string of the molecule is BrCCc1cn(Cc2cccs2)nn1. The van der Waals surface area contributed by atoms with Crippen molar-refractivity contribution in [3.05, 3.63) is 34.3 Å². The van der Waals surface area contributed by atoms with E-state index in [0.717, 1.165) is 24.0 Å². The normalized spacial score (nSPS) is 10.6. The van der Waals surface area contributed by atoms with Gasteiger partial charge in [0.25, 0.3) is 0 Å². The summed E-state index contributed by atoms with van der Waals surface area (Å²) < 4.78 is 1.88. The molecule has 0 spiro atoms. The van der Waals surface area contributed by atoms with Crippen molar-refractivity contribution in [1.82, 2.24) is 15.0 Å². The zero-order valence-electron chi connectivity index (χ0n) is 7.56. The Morgan fingerprint density at radius 3 is 3.14 bits per heavy atom. The third kappa shape index (κ3) is 2.42. The van der Waals surface area contributed by atoms with Gasteiger partial charge in [-0.2, -0.15) is 0 Å². The summed E-state index contributed by atoms with van der Waals surface area (Å²) in [6.45, 7) is 0.826. The lowest BCUT2D eigenvalue weighted by molar-refractivity contribution is 0.655. The second-order valence-electron chi connectivity index (χ2n) is 2.93. The number of thiophene rings is 1. The molecule has 2 rings (SSSR count). The second-order valence-corrected chi connectivity index (χ2v) is 4.75. The predicted octanol–water partition coefficient (Wildman–Crippen LogP) is 2.33. The molecular weight excluding hydrogens is 262 g/mol. The molecule has 14 heavy (non-hydrogen) atoms. The van der Waals surface area contributed by atoms with E-state index in [9.17, 15) is 0 Å². The van der Waals surface area contributed by atoms with Crippen molar-refractivity contribution in [3.63, 3.8) is 0 Å². The molecule has 0 aliphatic rings. The van der Waals surface area contributed by atoms with Gasteiger partial charge in [-0.25, -0.2) is 4.68 Å². The van der Waals surface area contributed by atoms with E-state index < -0.39 is 0 Å². The predicted molar refractivity (Wildman–Crippen MR) is 60.9 cm³/mol. The lowest BCUT2D eigenvalue weighted by Crippen LogP contribution is -1.97. The summed E-state index contributed by atoms with van der Waals surface area (Å²) in [5.41, 5.74) is 1.04. The molecule has 0 fully saturated rings. The van der Waals surface area contributed by atoms with Crippen LogP contribution in [0.5, 0.6) is 0 Å². The molecule has 74 valence electrons. The average Bonchev–Trinajstić information content (AvgIpc) is 2.79. The first-order valence-corrected chi connectivity index (χ1v) is 6.36. The number of aryl methyl sites for hydroxylation is 1. The maximum Gasteiger partial charge on any atom is 0.0835 e. The Hall–Kier alpha value is -0.680. The molecule has 0 radical (unpaired) electrons. The molecule has 0 N–H and O–H groups in total. The fraction of sp³-hybridized carbons (Fsp3) is 0.333. The molecule has 0 unspecified atom stereocenters. The third-order valence-corrected chi connectivity index (χ3v) is 3.09. The van der Waals surface area contributed by atoms with Gasteiger partial charge in [0.1, 0.15) is 0 Å². The van der Waals surface area contributed by atoms with Crippen molar-refractivity contribution in [1.29, 1.82) is 0 Å². The molecule has 5 heteroatoms. The Balaban J connectivity index is 2.03. The van der Waals surface area contributed by atoms with Crippen molar-refractivity contribution < 1.29 is 0 Å². The fourth-order valence-corrected chi connectivity index (χ4v) is 2.29. The second kappa shape index (κ2) is 4.70. The Kier molecular flexibility index (Phi) is 3.31. The maximum atomic E-state index is 4.07. The van der Waals surface area contributed by atoms with E-state index in [4.69, 9.17) is 0 Å². The summed E-state index contributed by atoms with van der Waals surface area (Å²) in [6.07, 6.45) is 2.94. The number of halogens is 1. The Morgan fingerprint density at radius 1 is 1.50 bits per heavy atom. The number of aromatic nitrogens is 3. The minimum absolute atomic E-state index is 0.826. The van der Waals surface area contributed by atoms with Crippen molar-refractivity contribution in [2.75, 3.05) is 5.33 Å². The van der Waals surface area contributed by atoms with Gasteiger partial charge in [-0.05, 0) is 11.4 Å². The fourth-order valence-electron chi connectivity index (χ4n) is 1.19. The highest BCUT2D eigenvalue weighted by molar-refractivity contribution is 9.09. The minimum atomic E-state index is 0.826. The molecule has 2 heterocycles. The van der Waals surface area contributed by atoms with Gasteiger partial charge in [0.05, 0.1) is 12.2 Å². The van der Waals surface area contributed by atoms with E-state index in [2.05, 4.69) is 43.8 Å². The molecule has 0 saturated carbocycles. The monoisotopic (exact) mass is 271 g/mol. The molecule has 0 aromatic carbocycles. The number of alkyl halides is 1. The number of hydrogen-bond acceptors (Lipinski definition) is 3. The van der Waals surface area contributed by atoms with Crippen LogP contribution in [0.15, 0.2) is 23.7 Å². The summed E-state index contributed by atoms with van der Waals surface area (Å²) >= 11 is 5.12. The third-order valence-electron chi connectivity index (χ3n) is 1.83. The molecule has 0 bridgehead atoms. The van der Waals surface area contributed by atoms with Crippen LogP contribution in [0, 0.1) is 0 Å². The van der Waals surface area contributed by atoms with Crippen LogP contribution in [-0.2, 0) is 13.0 Å². The topological polar surface area (TPSA) is 30.7 Å². The van der Waals surface area contributed by atoms with Gasteiger partial charge in [0.2, 0.25) is 0 Å². The van der Waals surface area contributed by atoms with Crippen LogP contribution in [0.3, 0.4) is 0 Å². The molecule has 0 aliphatic heterocycles. The molecule has 2 aromatic rings. The number of rotatable bonds is 4. The lowest BCUT2D eigenvalue weighted by Gasteiger charge is -1.94. The van der Waals surface area contributed by atoms with Crippen molar-refractivity contribution in [2.24, 2.45) is 0 Å². The highest BCUT2D eigenvalue weighted by atomic mass is 79.9.